The molecule has 7 nitrogen and oxygen atoms in total. The van der Waals surface area contributed by atoms with E-state index in [0.717, 1.165) is 16.4 Å². The number of rotatable bonds is 8. The lowest BCUT2D eigenvalue weighted by molar-refractivity contribution is -0.126. The Bertz CT molecular complexity index is 1120. The Kier molecular flexibility index (Phi) is 8.09. The van der Waals surface area contributed by atoms with E-state index >= 15 is 0 Å². The molecule has 0 saturated carbocycles. The van der Waals surface area contributed by atoms with Gasteiger partial charge < -0.3 is 10.6 Å². The fraction of sp³-hybridized carbons (Fsp3) is 0.364. The van der Waals surface area contributed by atoms with Gasteiger partial charge in [0.15, 0.2) is 11.6 Å². The number of hydrogen-bond acceptors (Lipinski definition) is 4. The zero-order chi connectivity index (χ0) is 24.0. The summed E-state index contributed by atoms with van der Waals surface area (Å²) in [4.78, 5) is 23.9. The van der Waals surface area contributed by atoms with Gasteiger partial charge in [0.25, 0.3) is 0 Å². The van der Waals surface area contributed by atoms with Crippen molar-refractivity contribution in [1.82, 2.24) is 14.9 Å². The molecule has 11 heteroatoms. The molecule has 1 heterocycles. The van der Waals surface area contributed by atoms with Gasteiger partial charge in [-0.3, -0.25) is 9.59 Å². The monoisotopic (exact) mass is 483 g/mol. The average molecular weight is 484 g/mol. The summed E-state index contributed by atoms with van der Waals surface area (Å²) in [5, 5.41) is 5.35. The second kappa shape index (κ2) is 10.8. The lowest BCUT2D eigenvalue weighted by Crippen LogP contribution is -2.44. The van der Waals surface area contributed by atoms with Crippen molar-refractivity contribution in [3.8, 4) is 0 Å². The number of sulfonamides is 1. The Hall–Kier alpha value is -2.92. The van der Waals surface area contributed by atoms with E-state index in [9.17, 15) is 31.2 Å². The number of carbonyl (C=O) groups is 2. The van der Waals surface area contributed by atoms with Crippen molar-refractivity contribution < 1.29 is 31.2 Å². The molecular formula is C22H24F3N3O4S. The highest BCUT2D eigenvalue weighted by Crippen LogP contribution is 2.25. The van der Waals surface area contributed by atoms with Crippen LogP contribution in [0.3, 0.4) is 0 Å². The van der Waals surface area contributed by atoms with Gasteiger partial charge in [0, 0.05) is 32.1 Å². The van der Waals surface area contributed by atoms with Crippen molar-refractivity contribution in [1.29, 1.82) is 0 Å². The molecule has 0 aliphatic carbocycles. The molecule has 0 spiro atoms. The molecule has 0 aromatic heterocycles. The first-order valence-corrected chi connectivity index (χ1v) is 11.8. The third-order valence-corrected chi connectivity index (χ3v) is 7.25. The average Bonchev–Trinajstić information content (AvgIpc) is 2.78. The van der Waals surface area contributed by atoms with Gasteiger partial charge in [0.1, 0.15) is 5.82 Å². The lowest BCUT2D eigenvalue weighted by atomic mass is 9.97. The van der Waals surface area contributed by atoms with E-state index in [0.29, 0.717) is 11.6 Å². The lowest BCUT2D eigenvalue weighted by Gasteiger charge is -2.30. The van der Waals surface area contributed by atoms with Crippen molar-refractivity contribution in [3.63, 3.8) is 0 Å². The zero-order valence-corrected chi connectivity index (χ0v) is 18.5. The maximum absolute atomic E-state index is 13.4. The third-order valence-electron chi connectivity index (χ3n) is 5.35. The van der Waals surface area contributed by atoms with Gasteiger partial charge in [0.2, 0.25) is 21.8 Å². The molecule has 1 fully saturated rings. The summed E-state index contributed by atoms with van der Waals surface area (Å²) in [6, 6.07) is 8.15. The molecule has 1 aliphatic heterocycles. The molecule has 1 aliphatic rings. The van der Waals surface area contributed by atoms with Crippen LogP contribution < -0.4 is 10.6 Å². The maximum atomic E-state index is 13.4. The van der Waals surface area contributed by atoms with E-state index in [2.05, 4.69) is 10.6 Å². The van der Waals surface area contributed by atoms with Crippen LogP contribution in [-0.2, 0) is 26.0 Å². The quantitative estimate of drug-likeness (QED) is 0.562. The first-order valence-electron chi connectivity index (χ1n) is 10.4. The van der Waals surface area contributed by atoms with Gasteiger partial charge in [-0.1, -0.05) is 12.1 Å². The predicted molar refractivity (Wildman–Crippen MR) is 114 cm³/mol. The minimum Gasteiger partial charge on any atom is -0.354 e. The van der Waals surface area contributed by atoms with E-state index in [-0.39, 0.29) is 62.2 Å². The van der Waals surface area contributed by atoms with Crippen LogP contribution in [0.1, 0.15) is 18.4 Å². The van der Waals surface area contributed by atoms with E-state index in [1.54, 1.807) is 6.07 Å². The molecule has 33 heavy (non-hydrogen) atoms. The van der Waals surface area contributed by atoms with Crippen molar-refractivity contribution in [3.05, 3.63) is 65.5 Å². The van der Waals surface area contributed by atoms with Crippen LogP contribution in [-0.4, -0.2) is 50.7 Å². The fourth-order valence-corrected chi connectivity index (χ4v) is 5.05. The maximum Gasteiger partial charge on any atom is 0.243 e. The van der Waals surface area contributed by atoms with Gasteiger partial charge in [-0.05, 0) is 48.7 Å². The van der Waals surface area contributed by atoms with Crippen LogP contribution in [0.15, 0.2) is 47.4 Å². The summed E-state index contributed by atoms with van der Waals surface area (Å²) in [6.45, 7) is 0.540. The number of halogens is 3. The minimum absolute atomic E-state index is 0.0244. The molecule has 0 bridgehead atoms. The molecule has 2 aromatic carbocycles. The van der Waals surface area contributed by atoms with Gasteiger partial charge >= 0.3 is 0 Å². The molecular weight excluding hydrogens is 459 g/mol. The molecule has 0 radical (unpaired) electrons. The molecule has 2 amide bonds. The highest BCUT2D eigenvalue weighted by Gasteiger charge is 2.32. The van der Waals surface area contributed by atoms with Crippen molar-refractivity contribution >= 4 is 21.8 Å². The molecule has 3 rings (SSSR count). The number of benzene rings is 2. The topological polar surface area (TPSA) is 95.6 Å². The molecule has 1 saturated heterocycles. The molecule has 2 aromatic rings. The standard InChI is InChI=1S/C22H24F3N3O4S/c23-17-3-1-2-15(12-17)13-21(29)26-8-9-27-22(30)16-6-10-28(11-7-16)33(31,32)18-4-5-19(24)20(25)14-18/h1-5,12,14,16H,6-11,13H2,(H,26,29)(H,27,30). The van der Waals surface area contributed by atoms with Gasteiger partial charge in [-0.15, -0.1) is 0 Å². The summed E-state index contributed by atoms with van der Waals surface area (Å²) in [5.74, 6) is -3.74. The van der Waals surface area contributed by atoms with Crippen LogP contribution in [0.25, 0.3) is 0 Å². The number of nitrogens with zero attached hydrogens (tertiary/aromatic N) is 1. The number of carbonyl (C=O) groups excluding carboxylic acids is 2. The largest absolute Gasteiger partial charge is 0.354 e. The minimum atomic E-state index is -3.99. The van der Waals surface area contributed by atoms with E-state index in [1.165, 1.54) is 18.2 Å². The highest BCUT2D eigenvalue weighted by molar-refractivity contribution is 7.89. The molecule has 0 atom stereocenters. The van der Waals surface area contributed by atoms with E-state index in [4.69, 9.17) is 0 Å². The number of amides is 2. The van der Waals surface area contributed by atoms with Gasteiger partial charge in [-0.2, -0.15) is 4.31 Å². The Balaban J connectivity index is 1.40. The fourth-order valence-electron chi connectivity index (χ4n) is 3.57. The summed E-state index contributed by atoms with van der Waals surface area (Å²) in [7, 11) is -3.99. The van der Waals surface area contributed by atoms with Crippen LogP contribution >= 0.6 is 0 Å². The van der Waals surface area contributed by atoms with Crippen LogP contribution in [0, 0.1) is 23.4 Å². The Morgan fingerprint density at radius 3 is 2.30 bits per heavy atom. The highest BCUT2D eigenvalue weighted by atomic mass is 32.2. The zero-order valence-electron chi connectivity index (χ0n) is 17.7. The Morgan fingerprint density at radius 2 is 1.64 bits per heavy atom. The second-order valence-electron chi connectivity index (χ2n) is 7.70. The summed E-state index contributed by atoms with van der Waals surface area (Å²) < 4.78 is 66.1. The Morgan fingerprint density at radius 1 is 0.939 bits per heavy atom. The van der Waals surface area contributed by atoms with Crippen molar-refractivity contribution in [2.75, 3.05) is 26.2 Å². The summed E-state index contributed by atoms with van der Waals surface area (Å²) >= 11 is 0. The van der Waals surface area contributed by atoms with Crippen molar-refractivity contribution in [2.45, 2.75) is 24.2 Å². The summed E-state index contributed by atoms with van der Waals surface area (Å²) in [5.41, 5.74) is 0.543. The smallest absolute Gasteiger partial charge is 0.243 e. The van der Waals surface area contributed by atoms with Crippen molar-refractivity contribution in [2.24, 2.45) is 5.92 Å². The first kappa shape index (κ1) is 24.7. The molecule has 178 valence electrons. The number of nitrogens with one attached hydrogen (secondary N) is 2. The predicted octanol–water partition coefficient (Wildman–Crippen LogP) is 1.98. The van der Waals surface area contributed by atoms with Gasteiger partial charge in [0.05, 0.1) is 11.3 Å². The number of piperidine rings is 1. The molecule has 0 unspecified atom stereocenters. The second-order valence-corrected chi connectivity index (χ2v) is 9.64. The van der Waals surface area contributed by atoms with E-state index in [1.807, 2.05) is 0 Å². The summed E-state index contributed by atoms with van der Waals surface area (Å²) in [6.07, 6.45) is 0.581. The third kappa shape index (κ3) is 6.55. The van der Waals surface area contributed by atoms with E-state index < -0.39 is 33.4 Å². The number of hydrogen-bond donors (Lipinski definition) is 2. The Labute approximate surface area is 190 Å². The van der Waals surface area contributed by atoms with Crippen LogP contribution in [0.5, 0.6) is 0 Å². The normalized spacial score (nSPS) is 15.2. The van der Waals surface area contributed by atoms with Crippen LogP contribution in [0.2, 0.25) is 0 Å². The van der Waals surface area contributed by atoms with Crippen LogP contribution in [0.4, 0.5) is 13.2 Å². The first-order chi connectivity index (χ1) is 15.7. The molecule has 2 N–H and O–H groups in total. The van der Waals surface area contributed by atoms with Gasteiger partial charge in [-0.25, -0.2) is 21.6 Å². The SMILES string of the molecule is O=C(Cc1cccc(F)c1)NCCNC(=O)C1CCN(S(=O)(=O)c2ccc(F)c(F)c2)CC1.